The molecule has 0 amide bonds. The van der Waals surface area contributed by atoms with Gasteiger partial charge in [0.25, 0.3) is 0 Å². The Morgan fingerprint density at radius 2 is 2.12 bits per heavy atom. The quantitative estimate of drug-likeness (QED) is 0.836. The zero-order valence-electron chi connectivity index (χ0n) is 10.8. The highest BCUT2D eigenvalue weighted by Crippen LogP contribution is 2.45. The molecule has 17 heavy (non-hydrogen) atoms. The molecule has 0 bridgehead atoms. The van der Waals surface area contributed by atoms with Crippen molar-refractivity contribution in [1.29, 1.82) is 0 Å². The molecule has 1 nitrogen and oxygen atoms in total. The summed E-state index contributed by atoms with van der Waals surface area (Å²) < 4.78 is 1.25. The highest BCUT2D eigenvalue weighted by Gasteiger charge is 2.38. The van der Waals surface area contributed by atoms with Gasteiger partial charge in [-0.2, -0.15) is 0 Å². The molecular weight excluding hydrogens is 294 g/mol. The molecule has 1 saturated carbocycles. The highest BCUT2D eigenvalue weighted by atomic mass is 79.9. The summed E-state index contributed by atoms with van der Waals surface area (Å²) in [6, 6.07) is 5.07. The van der Waals surface area contributed by atoms with Crippen molar-refractivity contribution in [2.45, 2.75) is 51.5 Å². The predicted octanol–water partition coefficient (Wildman–Crippen LogP) is 4.61. The first-order chi connectivity index (χ1) is 8.20. The first-order valence-electron chi connectivity index (χ1n) is 6.61. The van der Waals surface area contributed by atoms with Crippen LogP contribution in [0.4, 0.5) is 0 Å². The molecule has 96 valence electrons. The highest BCUT2D eigenvalue weighted by molar-refractivity contribution is 9.11. The first kappa shape index (κ1) is 13.6. The predicted molar refractivity (Wildman–Crippen MR) is 79.8 cm³/mol. The van der Waals surface area contributed by atoms with Crippen LogP contribution in [0, 0.1) is 5.41 Å². The van der Waals surface area contributed by atoms with Gasteiger partial charge in [0.05, 0.1) is 3.79 Å². The Kier molecular flexibility index (Phi) is 4.67. The molecule has 0 aliphatic heterocycles. The van der Waals surface area contributed by atoms with Crippen LogP contribution < -0.4 is 5.32 Å². The summed E-state index contributed by atoms with van der Waals surface area (Å²) in [5, 5.41) is 3.58. The number of nitrogens with one attached hydrogen (secondary N) is 1. The lowest BCUT2D eigenvalue weighted by Gasteiger charge is -2.36. The number of likely N-dealkylation sites (N-methyl/N-ethyl adjacent to an activating group) is 1. The third-order valence-electron chi connectivity index (χ3n) is 4.43. The Morgan fingerprint density at radius 1 is 1.41 bits per heavy atom. The van der Waals surface area contributed by atoms with Gasteiger partial charge in [0.15, 0.2) is 0 Å². The van der Waals surface area contributed by atoms with Crippen LogP contribution in [0.1, 0.15) is 43.9 Å². The van der Waals surface area contributed by atoms with Crippen LogP contribution in [-0.4, -0.2) is 13.1 Å². The van der Waals surface area contributed by atoms with Gasteiger partial charge in [-0.25, -0.2) is 0 Å². The molecule has 0 aromatic carbocycles. The second kappa shape index (κ2) is 5.85. The molecule has 1 atom stereocenters. The largest absolute Gasteiger partial charge is 0.316 e. The van der Waals surface area contributed by atoms with Gasteiger partial charge < -0.3 is 5.32 Å². The molecule has 1 fully saturated rings. The Bertz CT molecular complexity index is 355. The minimum atomic E-state index is 0.547. The Morgan fingerprint density at radius 3 is 2.59 bits per heavy atom. The van der Waals surface area contributed by atoms with Gasteiger partial charge >= 0.3 is 0 Å². The van der Waals surface area contributed by atoms with E-state index in [1.54, 1.807) is 0 Å². The Balaban J connectivity index is 2.10. The molecular formula is C14H22BrNS. The summed E-state index contributed by atoms with van der Waals surface area (Å²) in [5.74, 6) is 0. The van der Waals surface area contributed by atoms with Crippen LogP contribution in [0.25, 0.3) is 0 Å². The minimum absolute atomic E-state index is 0.547. The maximum absolute atomic E-state index is 3.58. The van der Waals surface area contributed by atoms with Gasteiger partial charge in [-0.1, -0.05) is 19.8 Å². The molecule has 0 radical (unpaired) electrons. The molecule has 2 rings (SSSR count). The second-order valence-electron chi connectivity index (χ2n) is 5.17. The first-order valence-corrected chi connectivity index (χ1v) is 8.22. The summed E-state index contributed by atoms with van der Waals surface area (Å²) in [6.45, 7) is 2.36. The molecule has 0 spiro atoms. The van der Waals surface area contributed by atoms with Gasteiger partial charge in [0.2, 0.25) is 0 Å². The van der Waals surface area contributed by atoms with Crippen LogP contribution in [0.2, 0.25) is 0 Å². The Labute approximate surface area is 117 Å². The van der Waals surface area contributed by atoms with E-state index in [2.05, 4.69) is 47.4 Å². The Hall–Kier alpha value is 0.140. The molecule has 1 aliphatic carbocycles. The van der Waals surface area contributed by atoms with Gasteiger partial charge in [-0.15, -0.1) is 11.3 Å². The lowest BCUT2D eigenvalue weighted by Crippen LogP contribution is -2.43. The number of hydrogen-bond donors (Lipinski definition) is 1. The third kappa shape index (κ3) is 2.94. The van der Waals surface area contributed by atoms with Gasteiger partial charge in [-0.3, -0.25) is 0 Å². The molecule has 1 aromatic heterocycles. The zero-order chi connectivity index (χ0) is 12.3. The van der Waals surface area contributed by atoms with Crippen molar-refractivity contribution in [3.8, 4) is 0 Å². The van der Waals surface area contributed by atoms with Crippen molar-refractivity contribution in [3.05, 3.63) is 20.8 Å². The van der Waals surface area contributed by atoms with Crippen molar-refractivity contribution in [2.24, 2.45) is 5.41 Å². The molecule has 1 N–H and O–H groups in total. The van der Waals surface area contributed by atoms with E-state index >= 15 is 0 Å². The number of thiophene rings is 1. The molecule has 3 heteroatoms. The third-order valence-corrected chi connectivity index (χ3v) is 6.07. The zero-order valence-corrected chi connectivity index (χ0v) is 13.2. The lowest BCUT2D eigenvalue weighted by molar-refractivity contribution is 0.193. The summed E-state index contributed by atoms with van der Waals surface area (Å²) >= 11 is 5.43. The van der Waals surface area contributed by atoms with Crippen LogP contribution in [0.3, 0.4) is 0 Å². The number of rotatable bonds is 5. The summed E-state index contributed by atoms with van der Waals surface area (Å²) in [4.78, 5) is 1.50. The van der Waals surface area contributed by atoms with Crippen LogP contribution in [0.15, 0.2) is 15.9 Å². The fraction of sp³-hybridized carbons (Fsp3) is 0.714. The molecule has 1 unspecified atom stereocenters. The second-order valence-corrected chi connectivity index (χ2v) is 7.72. The molecule has 1 aromatic rings. The van der Waals surface area contributed by atoms with Crippen LogP contribution >= 0.6 is 27.3 Å². The smallest absolute Gasteiger partial charge is 0.0701 e. The summed E-state index contributed by atoms with van der Waals surface area (Å²) in [6.07, 6.45) is 8.13. The van der Waals surface area contributed by atoms with Crippen molar-refractivity contribution < 1.29 is 0 Å². The van der Waals surface area contributed by atoms with E-state index in [0.717, 1.165) is 0 Å². The molecule has 0 saturated heterocycles. The van der Waals surface area contributed by atoms with Gasteiger partial charge in [-0.05, 0) is 66.2 Å². The van der Waals surface area contributed by atoms with Crippen molar-refractivity contribution in [1.82, 2.24) is 5.32 Å². The van der Waals surface area contributed by atoms with Crippen molar-refractivity contribution in [3.63, 3.8) is 0 Å². The van der Waals surface area contributed by atoms with E-state index in [9.17, 15) is 0 Å². The van der Waals surface area contributed by atoms with Crippen LogP contribution in [-0.2, 0) is 6.42 Å². The summed E-state index contributed by atoms with van der Waals surface area (Å²) in [7, 11) is 2.13. The normalized spacial score (nSPS) is 20.6. The molecule has 1 aliphatic rings. The fourth-order valence-corrected chi connectivity index (χ4v) is 4.84. The monoisotopic (exact) mass is 315 g/mol. The maximum atomic E-state index is 3.58. The van der Waals surface area contributed by atoms with Crippen molar-refractivity contribution >= 4 is 27.3 Å². The van der Waals surface area contributed by atoms with E-state index in [4.69, 9.17) is 0 Å². The fourth-order valence-electron chi connectivity index (χ4n) is 3.31. The summed E-state index contributed by atoms with van der Waals surface area (Å²) in [5.41, 5.74) is 0.547. The van der Waals surface area contributed by atoms with E-state index in [1.165, 1.54) is 47.2 Å². The number of hydrogen-bond acceptors (Lipinski definition) is 2. The van der Waals surface area contributed by atoms with E-state index in [-0.39, 0.29) is 0 Å². The van der Waals surface area contributed by atoms with Crippen molar-refractivity contribution in [2.75, 3.05) is 7.05 Å². The minimum Gasteiger partial charge on any atom is -0.316 e. The average Bonchev–Trinajstić information content (AvgIpc) is 2.95. The SMILES string of the molecule is CCC1(C(Cc2ccc(Br)s2)NC)CCCC1. The topological polar surface area (TPSA) is 12.0 Å². The maximum Gasteiger partial charge on any atom is 0.0701 e. The van der Waals surface area contributed by atoms with Crippen LogP contribution in [0.5, 0.6) is 0 Å². The van der Waals surface area contributed by atoms with E-state index < -0.39 is 0 Å². The lowest BCUT2D eigenvalue weighted by atomic mass is 9.75. The average molecular weight is 316 g/mol. The molecule has 1 heterocycles. The van der Waals surface area contributed by atoms with E-state index in [1.807, 2.05) is 11.3 Å². The van der Waals surface area contributed by atoms with Gasteiger partial charge in [0.1, 0.15) is 0 Å². The van der Waals surface area contributed by atoms with Gasteiger partial charge in [0, 0.05) is 10.9 Å². The van der Waals surface area contributed by atoms with E-state index in [0.29, 0.717) is 11.5 Å². The number of halogens is 1. The standard InChI is InChI=1S/C14H22BrNS/c1-3-14(8-4-5-9-14)12(16-2)10-11-6-7-13(15)17-11/h6-7,12,16H,3-5,8-10H2,1-2H3.